The van der Waals surface area contributed by atoms with Crippen molar-refractivity contribution in [1.29, 1.82) is 0 Å². The van der Waals surface area contributed by atoms with Gasteiger partial charge in [0.2, 0.25) is 5.91 Å². The average molecular weight is 491 g/mol. The summed E-state index contributed by atoms with van der Waals surface area (Å²) in [5.74, 6) is 1.18. The Morgan fingerprint density at radius 3 is 2.68 bits per heavy atom. The van der Waals surface area contributed by atoms with Gasteiger partial charge in [-0.2, -0.15) is 10.2 Å². The second-order valence-electron chi connectivity index (χ2n) is 9.82. The molecule has 9 nitrogen and oxygen atoms in total. The van der Waals surface area contributed by atoms with Gasteiger partial charge in [0.15, 0.2) is 0 Å². The van der Waals surface area contributed by atoms with E-state index in [9.17, 15) is 14.9 Å². The van der Waals surface area contributed by atoms with E-state index in [1.54, 1.807) is 6.20 Å². The van der Waals surface area contributed by atoms with Gasteiger partial charge in [0.1, 0.15) is 12.4 Å². The van der Waals surface area contributed by atoms with E-state index in [4.69, 9.17) is 0 Å². The molecule has 6 rings (SSSR count). The third-order valence-corrected chi connectivity index (χ3v) is 8.18. The first-order valence-electron chi connectivity index (χ1n) is 11.0. The fourth-order valence-corrected chi connectivity index (χ4v) is 7.30. The molecule has 2 heterocycles. The van der Waals surface area contributed by atoms with Crippen LogP contribution in [0.2, 0.25) is 0 Å². The summed E-state index contributed by atoms with van der Waals surface area (Å²) < 4.78 is 4.60. The van der Waals surface area contributed by atoms with E-state index in [1.165, 1.54) is 12.6 Å². The summed E-state index contributed by atoms with van der Waals surface area (Å²) in [7, 11) is 0. The molecular weight excluding hydrogens is 464 g/mol. The Morgan fingerprint density at radius 1 is 1.32 bits per heavy atom. The molecule has 1 amide bonds. The number of nitro groups is 1. The van der Waals surface area contributed by atoms with E-state index < -0.39 is 0 Å². The van der Waals surface area contributed by atoms with Crippen molar-refractivity contribution in [3.05, 3.63) is 38.9 Å². The minimum atomic E-state index is -0.384. The number of amides is 1. The molecule has 0 radical (unpaired) electrons. The van der Waals surface area contributed by atoms with Crippen molar-refractivity contribution in [2.24, 2.45) is 17.3 Å². The minimum Gasteiger partial charge on any atom is -0.350 e. The molecule has 0 saturated heterocycles. The maximum atomic E-state index is 13.0. The van der Waals surface area contributed by atoms with Gasteiger partial charge >= 0.3 is 5.69 Å². The van der Waals surface area contributed by atoms with Gasteiger partial charge in [0.05, 0.1) is 27.2 Å². The van der Waals surface area contributed by atoms with E-state index in [2.05, 4.69) is 31.4 Å². The Bertz CT molecular complexity index is 1020. The van der Waals surface area contributed by atoms with Crippen LogP contribution in [0.25, 0.3) is 0 Å². The number of rotatable bonds is 7. The number of carbonyl (C=O) groups is 1. The quantitative estimate of drug-likeness (QED) is 0.469. The van der Waals surface area contributed by atoms with Crippen LogP contribution < -0.4 is 5.32 Å². The third kappa shape index (κ3) is 3.68. The summed E-state index contributed by atoms with van der Waals surface area (Å²) in [4.78, 5) is 23.7. The van der Waals surface area contributed by atoms with Crippen molar-refractivity contribution < 1.29 is 9.72 Å². The number of nitrogens with zero attached hydrogens (tertiary/aromatic N) is 5. The Balaban J connectivity index is 1.31. The Kier molecular flexibility index (Phi) is 4.95. The summed E-state index contributed by atoms with van der Waals surface area (Å²) in [6, 6.07) is 0. The SMILES string of the molecule is CCn1cc(Br)c(CNC(=O)CC23CC4CC(C2)CC(n2cc([N+](=O)[O-])cn2)(C4)C3)n1. The maximum Gasteiger partial charge on any atom is 0.307 e. The summed E-state index contributed by atoms with van der Waals surface area (Å²) >= 11 is 3.51. The topological polar surface area (TPSA) is 108 Å². The molecule has 0 aromatic carbocycles. The van der Waals surface area contributed by atoms with E-state index in [-0.39, 0.29) is 27.5 Å². The van der Waals surface area contributed by atoms with E-state index in [1.807, 2.05) is 22.5 Å². The first kappa shape index (κ1) is 20.7. The number of hydrogen-bond donors (Lipinski definition) is 1. The van der Waals surface area contributed by atoms with Crippen LogP contribution in [-0.2, 0) is 23.4 Å². The molecule has 4 bridgehead atoms. The molecule has 2 unspecified atom stereocenters. The van der Waals surface area contributed by atoms with Crippen LogP contribution in [0.5, 0.6) is 0 Å². The second kappa shape index (κ2) is 7.43. The molecule has 4 aliphatic carbocycles. The standard InChI is InChI=1S/C21H27BrN6O3/c1-2-26-12-17(22)18(25-26)10-23-19(29)8-20-4-14-3-15(5-20)7-21(6-14,13-20)27-11-16(9-24-27)28(30)31/h9,11-12,14-15H,2-8,10,13H2,1H3,(H,23,29). The summed E-state index contributed by atoms with van der Waals surface area (Å²) in [6.45, 7) is 3.22. The molecule has 2 aromatic heterocycles. The number of aromatic nitrogens is 4. The van der Waals surface area contributed by atoms with E-state index >= 15 is 0 Å². The van der Waals surface area contributed by atoms with Gasteiger partial charge in [0.25, 0.3) is 0 Å². The summed E-state index contributed by atoms with van der Waals surface area (Å²) in [5, 5.41) is 23.1. The lowest BCUT2D eigenvalue weighted by Crippen LogP contribution is -2.57. The highest BCUT2D eigenvalue weighted by molar-refractivity contribution is 9.10. The molecule has 4 saturated carbocycles. The first-order valence-corrected chi connectivity index (χ1v) is 11.8. The van der Waals surface area contributed by atoms with Crippen molar-refractivity contribution in [2.45, 2.75) is 70.5 Å². The number of hydrogen-bond acceptors (Lipinski definition) is 5. The third-order valence-electron chi connectivity index (χ3n) is 7.52. The first-order chi connectivity index (χ1) is 14.8. The van der Waals surface area contributed by atoms with Crippen LogP contribution in [0.1, 0.15) is 57.6 Å². The zero-order chi connectivity index (χ0) is 21.8. The number of aryl methyl sites for hydroxylation is 1. The normalized spacial score (nSPS) is 31.2. The average Bonchev–Trinajstić information content (AvgIpc) is 3.32. The zero-order valence-electron chi connectivity index (χ0n) is 17.6. The monoisotopic (exact) mass is 490 g/mol. The largest absolute Gasteiger partial charge is 0.350 e. The van der Waals surface area contributed by atoms with Gasteiger partial charge < -0.3 is 5.32 Å². The van der Waals surface area contributed by atoms with Gasteiger partial charge in [-0.3, -0.25) is 24.3 Å². The molecule has 2 atom stereocenters. The highest BCUT2D eigenvalue weighted by Gasteiger charge is 2.59. The highest BCUT2D eigenvalue weighted by atomic mass is 79.9. The van der Waals surface area contributed by atoms with Crippen molar-refractivity contribution in [1.82, 2.24) is 24.9 Å². The fourth-order valence-electron chi connectivity index (χ4n) is 6.85. The van der Waals surface area contributed by atoms with Gasteiger partial charge in [0, 0.05) is 19.2 Å². The summed E-state index contributed by atoms with van der Waals surface area (Å²) in [6.07, 6.45) is 11.6. The molecule has 166 valence electrons. The molecule has 10 heteroatoms. The van der Waals surface area contributed by atoms with Crippen LogP contribution in [0.4, 0.5) is 5.69 Å². The van der Waals surface area contributed by atoms with E-state index in [0.29, 0.717) is 24.8 Å². The van der Waals surface area contributed by atoms with Crippen LogP contribution in [0, 0.1) is 27.4 Å². The molecule has 4 fully saturated rings. The van der Waals surface area contributed by atoms with Crippen molar-refractivity contribution in [2.75, 3.05) is 0 Å². The molecule has 1 N–H and O–H groups in total. The molecule has 2 aromatic rings. The van der Waals surface area contributed by atoms with Gasteiger partial charge in [-0.25, -0.2) is 0 Å². The smallest absolute Gasteiger partial charge is 0.307 e. The van der Waals surface area contributed by atoms with Gasteiger partial charge in [-0.1, -0.05) is 0 Å². The Hall–Kier alpha value is -2.23. The Morgan fingerprint density at radius 2 is 2.06 bits per heavy atom. The highest BCUT2D eigenvalue weighted by Crippen LogP contribution is 2.65. The minimum absolute atomic E-state index is 0.0413. The van der Waals surface area contributed by atoms with Gasteiger partial charge in [-0.05, 0) is 78.6 Å². The maximum absolute atomic E-state index is 13.0. The second-order valence-corrected chi connectivity index (χ2v) is 10.7. The predicted molar refractivity (Wildman–Crippen MR) is 116 cm³/mol. The van der Waals surface area contributed by atoms with E-state index in [0.717, 1.165) is 48.8 Å². The molecule has 0 spiro atoms. The van der Waals surface area contributed by atoms with Crippen LogP contribution >= 0.6 is 15.9 Å². The van der Waals surface area contributed by atoms with Crippen molar-refractivity contribution in [3.8, 4) is 0 Å². The Labute approximate surface area is 188 Å². The lowest BCUT2D eigenvalue weighted by Gasteiger charge is -2.61. The zero-order valence-corrected chi connectivity index (χ0v) is 19.2. The molecule has 31 heavy (non-hydrogen) atoms. The van der Waals surface area contributed by atoms with Crippen molar-refractivity contribution in [3.63, 3.8) is 0 Å². The summed E-state index contributed by atoms with van der Waals surface area (Å²) in [5.41, 5.74) is 0.636. The fraction of sp³-hybridized carbons (Fsp3) is 0.667. The van der Waals surface area contributed by atoms with Crippen LogP contribution in [0.3, 0.4) is 0 Å². The van der Waals surface area contributed by atoms with Crippen LogP contribution in [-0.4, -0.2) is 30.4 Å². The lowest BCUT2D eigenvalue weighted by atomic mass is 9.46. The predicted octanol–water partition coefficient (Wildman–Crippen LogP) is 3.77. The molecular formula is C21H27BrN6O3. The number of carbonyl (C=O) groups excluding carboxylic acids is 1. The number of halogens is 1. The van der Waals surface area contributed by atoms with Gasteiger partial charge in [-0.15, -0.1) is 0 Å². The van der Waals surface area contributed by atoms with Crippen molar-refractivity contribution >= 4 is 27.5 Å². The molecule has 0 aliphatic heterocycles. The molecule has 4 aliphatic rings. The van der Waals surface area contributed by atoms with Crippen LogP contribution in [0.15, 0.2) is 23.1 Å². The lowest BCUT2D eigenvalue weighted by molar-refractivity contribution is -0.385. The number of nitrogens with one attached hydrogen (secondary N) is 1.